The average molecular weight is 306 g/mol. The second kappa shape index (κ2) is 31.5. The fraction of sp³-hybridized carbons (Fsp3) is 0.824. The number of allylic oxidation sites excluding steroid dienone is 1. The quantitative estimate of drug-likeness (QED) is 0.459. The number of aliphatic hydroxyl groups excluding tert-OH is 2. The van der Waals surface area contributed by atoms with Gasteiger partial charge < -0.3 is 15.3 Å². The summed E-state index contributed by atoms with van der Waals surface area (Å²) in [5.74, 6) is -0.875. The first-order valence-electron chi connectivity index (χ1n) is 7.81. The number of hydrogen-bond donors (Lipinski definition) is 3. The fourth-order valence-electron chi connectivity index (χ4n) is 1.45. The molecule has 130 valence electrons. The monoisotopic (exact) mass is 306 g/mol. The van der Waals surface area contributed by atoms with Crippen LogP contribution in [0.15, 0.2) is 11.6 Å². The summed E-state index contributed by atoms with van der Waals surface area (Å²) < 4.78 is 0. The van der Waals surface area contributed by atoms with E-state index in [0.717, 1.165) is 19.8 Å². The summed E-state index contributed by atoms with van der Waals surface area (Å²) >= 11 is 0. The van der Waals surface area contributed by atoms with Gasteiger partial charge in [0.15, 0.2) is 0 Å². The molecular weight excluding hydrogens is 268 g/mol. The first-order chi connectivity index (χ1) is 10.0. The van der Waals surface area contributed by atoms with E-state index in [1.54, 1.807) is 13.8 Å². The van der Waals surface area contributed by atoms with Crippen LogP contribution in [0.4, 0.5) is 0 Å². The van der Waals surface area contributed by atoms with Gasteiger partial charge in [-0.05, 0) is 13.8 Å². The van der Waals surface area contributed by atoms with Gasteiger partial charge in [-0.3, -0.25) is 0 Å². The maximum Gasteiger partial charge on any atom is 0.328 e. The Labute approximate surface area is 131 Å². The third-order valence-corrected chi connectivity index (χ3v) is 2.37. The summed E-state index contributed by atoms with van der Waals surface area (Å²) in [6.45, 7) is 8.03. The Morgan fingerprint density at radius 2 is 1.05 bits per heavy atom. The normalized spacial score (nSPS) is 8.00. The van der Waals surface area contributed by atoms with Gasteiger partial charge in [0, 0.05) is 20.3 Å². The largest absolute Gasteiger partial charge is 0.478 e. The molecule has 0 aliphatic heterocycles. The summed E-state index contributed by atoms with van der Waals surface area (Å²) in [4.78, 5) is 9.73. The summed E-state index contributed by atoms with van der Waals surface area (Å²) in [5.41, 5.74) is 0.813. The Hall–Kier alpha value is -0.870. The molecule has 0 aromatic heterocycles. The molecule has 0 saturated heterocycles. The lowest BCUT2D eigenvalue weighted by Gasteiger charge is -1.97. The van der Waals surface area contributed by atoms with Gasteiger partial charge in [-0.25, -0.2) is 4.79 Å². The van der Waals surface area contributed by atoms with Crippen molar-refractivity contribution in [3.05, 3.63) is 11.6 Å². The van der Waals surface area contributed by atoms with Crippen LogP contribution in [0, 0.1) is 0 Å². The molecule has 4 heteroatoms. The van der Waals surface area contributed by atoms with Crippen molar-refractivity contribution in [3.63, 3.8) is 0 Å². The lowest BCUT2D eigenvalue weighted by Crippen LogP contribution is -1.86. The standard InChI is InChI=1S/C10H22.C5H8O2.2CH4O/c1-3-5-7-9-10-8-6-4-2;1-4(2)3-5(6)7;2*1-2/h3-10H2,1-2H3;3H,1-2H3,(H,6,7);2*2H,1H3. The third kappa shape index (κ3) is 54.7. The molecule has 0 fully saturated rings. The van der Waals surface area contributed by atoms with E-state index in [4.69, 9.17) is 15.3 Å². The molecule has 3 N–H and O–H groups in total. The van der Waals surface area contributed by atoms with Crippen LogP contribution in [0.2, 0.25) is 0 Å². The fourth-order valence-corrected chi connectivity index (χ4v) is 1.45. The molecule has 0 heterocycles. The number of aliphatic carboxylic acids is 1. The molecule has 4 nitrogen and oxygen atoms in total. The number of rotatable bonds is 8. The van der Waals surface area contributed by atoms with Crippen molar-refractivity contribution in [1.82, 2.24) is 0 Å². The van der Waals surface area contributed by atoms with Crippen LogP contribution in [0.1, 0.15) is 79.1 Å². The van der Waals surface area contributed by atoms with E-state index >= 15 is 0 Å². The van der Waals surface area contributed by atoms with Crippen molar-refractivity contribution in [2.24, 2.45) is 0 Å². The number of carbonyl (C=O) groups is 1. The van der Waals surface area contributed by atoms with Gasteiger partial charge in [-0.2, -0.15) is 0 Å². The highest BCUT2D eigenvalue weighted by Crippen LogP contribution is 2.07. The summed E-state index contributed by atoms with van der Waals surface area (Å²) in [6, 6.07) is 0. The van der Waals surface area contributed by atoms with Crippen LogP contribution in [-0.2, 0) is 4.79 Å². The molecule has 0 unspecified atom stereocenters. The number of hydrogen-bond acceptors (Lipinski definition) is 3. The molecule has 0 bridgehead atoms. The van der Waals surface area contributed by atoms with Crippen LogP contribution >= 0.6 is 0 Å². The predicted octanol–water partition coefficient (Wildman–Crippen LogP) is 4.40. The molecule has 0 amide bonds. The molecule has 0 aliphatic rings. The van der Waals surface area contributed by atoms with E-state index in [2.05, 4.69) is 13.8 Å². The van der Waals surface area contributed by atoms with Gasteiger partial charge in [0.25, 0.3) is 0 Å². The highest BCUT2D eigenvalue weighted by molar-refractivity contribution is 5.80. The lowest BCUT2D eigenvalue weighted by molar-refractivity contribution is -0.131. The van der Waals surface area contributed by atoms with Crippen molar-refractivity contribution in [1.29, 1.82) is 0 Å². The molecule has 0 saturated carbocycles. The van der Waals surface area contributed by atoms with Crippen LogP contribution < -0.4 is 0 Å². The van der Waals surface area contributed by atoms with E-state index in [1.165, 1.54) is 57.4 Å². The molecule has 0 rings (SSSR count). The van der Waals surface area contributed by atoms with E-state index in [1.807, 2.05) is 0 Å². The number of carboxylic acid groups (broad SMARTS) is 1. The number of carboxylic acids is 1. The second-order valence-electron chi connectivity index (χ2n) is 4.68. The van der Waals surface area contributed by atoms with Crippen molar-refractivity contribution in [3.8, 4) is 0 Å². The van der Waals surface area contributed by atoms with Crippen LogP contribution in [0.5, 0.6) is 0 Å². The van der Waals surface area contributed by atoms with Crippen LogP contribution in [0.3, 0.4) is 0 Å². The minimum atomic E-state index is -0.875. The van der Waals surface area contributed by atoms with Gasteiger partial charge in [0.1, 0.15) is 0 Å². The second-order valence-corrected chi connectivity index (χ2v) is 4.68. The maximum atomic E-state index is 9.73. The van der Waals surface area contributed by atoms with E-state index in [9.17, 15) is 4.79 Å². The minimum absolute atomic E-state index is 0.813. The maximum absolute atomic E-state index is 9.73. The van der Waals surface area contributed by atoms with E-state index in [-0.39, 0.29) is 0 Å². The van der Waals surface area contributed by atoms with Gasteiger partial charge in [0.05, 0.1) is 0 Å². The summed E-state index contributed by atoms with van der Waals surface area (Å²) in [6.07, 6.45) is 12.6. The van der Waals surface area contributed by atoms with Crippen molar-refractivity contribution in [2.45, 2.75) is 79.1 Å². The molecule has 0 radical (unpaired) electrons. The Bertz CT molecular complexity index is 189. The van der Waals surface area contributed by atoms with Crippen molar-refractivity contribution < 1.29 is 20.1 Å². The SMILES string of the molecule is CC(C)=CC(=O)O.CCCCCCCCCC.CO.CO. The molecule has 0 aliphatic carbocycles. The molecule has 0 spiro atoms. The lowest BCUT2D eigenvalue weighted by atomic mass is 10.1. The molecule has 0 aromatic carbocycles. The number of aliphatic hydroxyl groups is 2. The van der Waals surface area contributed by atoms with Crippen LogP contribution in [-0.4, -0.2) is 35.5 Å². The Kier molecular flexibility index (Phi) is 42.5. The Morgan fingerprint density at radius 3 is 1.19 bits per heavy atom. The predicted molar refractivity (Wildman–Crippen MR) is 91.6 cm³/mol. The topological polar surface area (TPSA) is 77.8 Å². The first-order valence-corrected chi connectivity index (χ1v) is 7.81. The zero-order valence-electron chi connectivity index (χ0n) is 15.0. The van der Waals surface area contributed by atoms with E-state index < -0.39 is 5.97 Å². The third-order valence-electron chi connectivity index (χ3n) is 2.37. The highest BCUT2D eigenvalue weighted by atomic mass is 16.4. The smallest absolute Gasteiger partial charge is 0.328 e. The zero-order valence-corrected chi connectivity index (χ0v) is 15.0. The van der Waals surface area contributed by atoms with E-state index in [0.29, 0.717) is 0 Å². The molecule has 21 heavy (non-hydrogen) atoms. The van der Waals surface area contributed by atoms with Gasteiger partial charge in [-0.15, -0.1) is 0 Å². The molecular formula is C17H38O4. The summed E-state index contributed by atoms with van der Waals surface area (Å²) in [7, 11) is 2.00. The minimum Gasteiger partial charge on any atom is -0.478 e. The average Bonchev–Trinajstić information content (AvgIpc) is 2.46. The van der Waals surface area contributed by atoms with Gasteiger partial charge in [-0.1, -0.05) is 70.8 Å². The van der Waals surface area contributed by atoms with Gasteiger partial charge in [0.2, 0.25) is 0 Å². The number of unbranched alkanes of at least 4 members (excludes halogenated alkanes) is 7. The highest BCUT2D eigenvalue weighted by Gasteiger charge is 1.87. The Balaban J connectivity index is -0.000000115. The molecule has 0 aromatic rings. The van der Waals surface area contributed by atoms with Gasteiger partial charge >= 0.3 is 5.97 Å². The zero-order chi connectivity index (χ0) is 17.5. The molecule has 0 atom stereocenters. The van der Waals surface area contributed by atoms with Crippen molar-refractivity contribution in [2.75, 3.05) is 14.2 Å². The summed E-state index contributed by atoms with van der Waals surface area (Å²) in [5, 5.41) is 22.0. The first kappa shape index (κ1) is 28.3. The Morgan fingerprint density at radius 1 is 0.762 bits per heavy atom. The van der Waals surface area contributed by atoms with Crippen LogP contribution in [0.25, 0.3) is 0 Å². The van der Waals surface area contributed by atoms with Crippen molar-refractivity contribution >= 4 is 5.97 Å².